The highest BCUT2D eigenvalue weighted by Gasteiger charge is 2.42. The van der Waals surface area contributed by atoms with E-state index >= 15 is 0 Å². The first-order chi connectivity index (χ1) is 18.0. The second-order valence-corrected chi connectivity index (χ2v) is 8.83. The van der Waals surface area contributed by atoms with Gasteiger partial charge >= 0.3 is 18.1 Å². The molecule has 0 aliphatic rings. The molecule has 4 aromatic rings. The smallest absolute Gasteiger partial charge is 0.491 e. The highest BCUT2D eigenvalue weighted by molar-refractivity contribution is 7.14. The zero-order valence-corrected chi connectivity index (χ0v) is 21.0. The van der Waals surface area contributed by atoms with Crippen molar-refractivity contribution in [1.29, 1.82) is 0 Å². The van der Waals surface area contributed by atoms with Gasteiger partial charge in [0.05, 0.1) is 25.5 Å². The Balaban J connectivity index is 1.62. The van der Waals surface area contributed by atoms with Crippen LogP contribution < -0.4 is 14.8 Å². The van der Waals surface area contributed by atoms with Crippen LogP contribution >= 0.6 is 11.3 Å². The van der Waals surface area contributed by atoms with E-state index in [4.69, 9.17) is 9.47 Å². The number of carbonyl (C=O) groups excluding carboxylic acids is 3. The molecule has 0 aliphatic heterocycles. The summed E-state index contributed by atoms with van der Waals surface area (Å²) in [6.45, 7) is 1.08. The van der Waals surface area contributed by atoms with E-state index in [9.17, 15) is 27.6 Å². The van der Waals surface area contributed by atoms with E-state index in [2.05, 4.69) is 15.0 Å². The Kier molecular flexibility index (Phi) is 7.39. The number of nitrogens with zero attached hydrogens (tertiary/aromatic N) is 2. The summed E-state index contributed by atoms with van der Waals surface area (Å²) in [6.07, 6.45) is -5.33. The number of alkyl halides is 3. The average Bonchev–Trinajstić information content (AvgIpc) is 3.47. The summed E-state index contributed by atoms with van der Waals surface area (Å²) >= 11 is 1.12. The number of benzene rings is 2. The van der Waals surface area contributed by atoms with Crippen LogP contribution in [-0.4, -0.2) is 47.8 Å². The maximum absolute atomic E-state index is 13.2. The van der Waals surface area contributed by atoms with Crippen LogP contribution in [0, 0.1) is 6.92 Å². The van der Waals surface area contributed by atoms with Crippen molar-refractivity contribution in [1.82, 2.24) is 9.55 Å². The van der Waals surface area contributed by atoms with Crippen molar-refractivity contribution in [2.45, 2.75) is 19.6 Å². The quantitative estimate of drug-likeness (QED) is 0.257. The van der Waals surface area contributed by atoms with Gasteiger partial charge in [-0.05, 0) is 36.8 Å². The number of methoxy groups -OCH3 is 2. The van der Waals surface area contributed by atoms with Crippen LogP contribution in [0.3, 0.4) is 0 Å². The van der Waals surface area contributed by atoms with Crippen molar-refractivity contribution in [2.24, 2.45) is 0 Å². The number of nitrogens with one attached hydrogen (secondary N) is 1. The molecule has 0 radical (unpaired) electrons. The SMILES string of the molecule is COc1cc(C)cc(OC)c1-c1csc(NC(=O)c2cc3ccccc3n2CC(=O)OC(=O)C(F)(F)F)n1. The Labute approximate surface area is 217 Å². The number of aryl methyl sites for hydroxylation is 1. The van der Waals surface area contributed by atoms with Crippen LogP contribution in [0.5, 0.6) is 11.5 Å². The second-order valence-electron chi connectivity index (χ2n) is 7.97. The van der Waals surface area contributed by atoms with E-state index in [0.717, 1.165) is 21.5 Å². The molecule has 0 aliphatic carbocycles. The van der Waals surface area contributed by atoms with E-state index < -0.39 is 30.6 Å². The van der Waals surface area contributed by atoms with Crippen LogP contribution in [-0.2, 0) is 20.9 Å². The normalized spacial score (nSPS) is 11.3. The Morgan fingerprint density at radius 2 is 1.71 bits per heavy atom. The minimum Gasteiger partial charge on any atom is -0.496 e. The molecule has 0 unspecified atom stereocenters. The zero-order valence-electron chi connectivity index (χ0n) is 20.2. The van der Waals surface area contributed by atoms with Gasteiger partial charge in [0.2, 0.25) is 0 Å². The summed E-state index contributed by atoms with van der Waals surface area (Å²) in [5.74, 6) is -3.74. The van der Waals surface area contributed by atoms with Gasteiger partial charge in [-0.3, -0.25) is 10.1 Å². The van der Waals surface area contributed by atoms with Crippen molar-refractivity contribution in [2.75, 3.05) is 19.5 Å². The molecule has 0 saturated heterocycles. The Bertz CT molecular complexity index is 1520. The van der Waals surface area contributed by atoms with Crippen LogP contribution in [0.2, 0.25) is 0 Å². The monoisotopic (exact) mass is 547 g/mol. The van der Waals surface area contributed by atoms with Gasteiger partial charge in [0.15, 0.2) is 5.13 Å². The van der Waals surface area contributed by atoms with Crippen molar-refractivity contribution >= 4 is 45.2 Å². The highest BCUT2D eigenvalue weighted by Crippen LogP contribution is 2.40. The predicted octanol–water partition coefficient (Wildman–Crippen LogP) is 4.97. The minimum atomic E-state index is -5.33. The third-order valence-corrected chi connectivity index (χ3v) is 6.16. The molecule has 2 aromatic heterocycles. The Morgan fingerprint density at radius 3 is 2.34 bits per heavy atom. The summed E-state index contributed by atoms with van der Waals surface area (Å²) < 4.78 is 53.6. The lowest BCUT2D eigenvalue weighted by molar-refractivity contribution is -0.202. The topological polar surface area (TPSA) is 109 Å². The molecule has 4 rings (SSSR count). The van der Waals surface area contributed by atoms with Crippen molar-refractivity contribution in [3.63, 3.8) is 0 Å². The van der Waals surface area contributed by atoms with E-state index in [1.165, 1.54) is 20.3 Å². The maximum Gasteiger partial charge on any atom is 0.491 e. The number of fused-ring (bicyclic) bond motifs is 1. The van der Waals surface area contributed by atoms with Crippen molar-refractivity contribution in [3.8, 4) is 22.8 Å². The molecule has 0 atom stereocenters. The molecule has 1 N–H and O–H groups in total. The van der Waals surface area contributed by atoms with Crippen LogP contribution in [0.15, 0.2) is 47.8 Å². The van der Waals surface area contributed by atoms with E-state index in [0.29, 0.717) is 33.7 Å². The van der Waals surface area contributed by atoms with Gasteiger partial charge in [-0.1, -0.05) is 18.2 Å². The molecule has 0 spiro atoms. The predicted molar refractivity (Wildman–Crippen MR) is 132 cm³/mol. The fraction of sp³-hybridized carbons (Fsp3) is 0.200. The average molecular weight is 548 g/mol. The fourth-order valence-corrected chi connectivity index (χ4v) is 4.49. The number of halogens is 3. The van der Waals surface area contributed by atoms with Crippen molar-refractivity contribution < 1.29 is 41.8 Å². The van der Waals surface area contributed by atoms with Gasteiger partial charge in [0.25, 0.3) is 5.91 Å². The number of rotatable bonds is 7. The lowest BCUT2D eigenvalue weighted by Gasteiger charge is -2.12. The number of aromatic nitrogens is 2. The molecule has 0 saturated carbocycles. The zero-order chi connectivity index (χ0) is 27.6. The molecule has 9 nitrogen and oxygen atoms in total. The standard InChI is InChI=1S/C25H20F3N3O6S/c1-13-8-18(35-2)21(19(9-13)36-3)15-12-38-24(29-15)30-22(33)17-10-14-6-4-5-7-16(14)31(17)11-20(32)37-23(34)25(26,27)28/h4-10,12H,11H2,1-3H3,(H,29,30,33). The Hall–Kier alpha value is -4.39. The third kappa shape index (κ3) is 5.47. The number of hydrogen-bond donors (Lipinski definition) is 1. The number of thiazole rings is 1. The number of hydrogen-bond acceptors (Lipinski definition) is 8. The van der Waals surface area contributed by atoms with Gasteiger partial charge in [0.1, 0.15) is 23.7 Å². The second kappa shape index (κ2) is 10.5. The van der Waals surface area contributed by atoms with Gasteiger partial charge in [0, 0.05) is 16.3 Å². The highest BCUT2D eigenvalue weighted by atomic mass is 32.1. The first kappa shape index (κ1) is 26.7. The first-order valence-corrected chi connectivity index (χ1v) is 11.8. The van der Waals surface area contributed by atoms with E-state index in [1.807, 2.05) is 19.1 Å². The lowest BCUT2D eigenvalue weighted by Crippen LogP contribution is -2.30. The van der Waals surface area contributed by atoms with Crippen LogP contribution in [0.4, 0.5) is 18.3 Å². The fourth-order valence-electron chi connectivity index (χ4n) is 3.79. The van der Waals surface area contributed by atoms with Gasteiger partial charge in [-0.2, -0.15) is 13.2 Å². The number of carbonyl (C=O) groups is 3. The van der Waals surface area contributed by atoms with Crippen molar-refractivity contribution in [3.05, 3.63) is 59.1 Å². The Morgan fingerprint density at radius 1 is 1.05 bits per heavy atom. The summed E-state index contributed by atoms with van der Waals surface area (Å²) in [5, 5.41) is 5.09. The maximum atomic E-state index is 13.2. The number of amides is 1. The number of ether oxygens (including phenoxy) is 3. The number of esters is 2. The summed E-state index contributed by atoms with van der Waals surface area (Å²) in [4.78, 5) is 40.8. The summed E-state index contributed by atoms with van der Waals surface area (Å²) in [5.41, 5.74) is 2.31. The molecule has 2 aromatic carbocycles. The van der Waals surface area contributed by atoms with Crippen LogP contribution in [0.1, 0.15) is 16.1 Å². The third-order valence-electron chi connectivity index (χ3n) is 5.40. The van der Waals surface area contributed by atoms with Gasteiger partial charge in [-0.25, -0.2) is 14.6 Å². The molecular weight excluding hydrogens is 527 g/mol. The van der Waals surface area contributed by atoms with Gasteiger partial charge < -0.3 is 18.8 Å². The van der Waals surface area contributed by atoms with Gasteiger partial charge in [-0.15, -0.1) is 11.3 Å². The number of anilines is 1. The molecule has 38 heavy (non-hydrogen) atoms. The molecule has 2 heterocycles. The molecular formula is C25H20F3N3O6S. The minimum absolute atomic E-state index is 0.0511. The molecule has 1 amide bonds. The van der Waals surface area contributed by atoms with E-state index in [-0.39, 0.29) is 10.8 Å². The largest absolute Gasteiger partial charge is 0.496 e. The van der Waals surface area contributed by atoms with E-state index in [1.54, 1.807) is 29.6 Å². The van der Waals surface area contributed by atoms with Crippen LogP contribution in [0.25, 0.3) is 22.2 Å². The summed E-state index contributed by atoms with van der Waals surface area (Å²) in [7, 11) is 3.03. The first-order valence-electron chi connectivity index (χ1n) is 10.9. The molecule has 0 fully saturated rings. The lowest BCUT2D eigenvalue weighted by atomic mass is 10.1. The molecule has 198 valence electrons. The molecule has 13 heteroatoms. The summed E-state index contributed by atoms with van der Waals surface area (Å²) in [6, 6.07) is 11.6. The molecule has 0 bridgehead atoms. The number of para-hydroxylation sites is 1.